The minimum atomic E-state index is -0.738. The molecule has 0 radical (unpaired) electrons. The van der Waals surface area contributed by atoms with Crippen LogP contribution in [0.25, 0.3) is 12.2 Å². The van der Waals surface area contributed by atoms with Crippen LogP contribution in [0.4, 0.5) is 32.9 Å². The van der Waals surface area contributed by atoms with E-state index in [2.05, 4.69) is 134 Å². The van der Waals surface area contributed by atoms with Crippen LogP contribution in [0.1, 0.15) is 23.9 Å². The van der Waals surface area contributed by atoms with Gasteiger partial charge in [0.1, 0.15) is 6.54 Å². The first-order valence-corrected chi connectivity index (χ1v) is 23.1. The number of hydrogen-bond donors (Lipinski definition) is 3. The number of aromatic nitrogens is 4. The summed E-state index contributed by atoms with van der Waals surface area (Å²) in [6.45, 7) is 10.2. The van der Waals surface area contributed by atoms with Crippen LogP contribution < -0.4 is 144 Å². The topological polar surface area (TPSA) is 284 Å². The van der Waals surface area contributed by atoms with Crippen LogP contribution >= 0.6 is 39.5 Å². The Bertz CT molecular complexity index is 2500. The maximum atomic E-state index is 12.4. The van der Waals surface area contributed by atoms with E-state index in [1.807, 2.05) is 0 Å². The molecule has 2 aromatic heterocycles. The number of halogens is 1. The number of aryl methyl sites for hydroxylation is 2. The van der Waals surface area contributed by atoms with Gasteiger partial charge in [-0.3, -0.25) is 43.8 Å². The molecule has 4 fully saturated rings. The number of nitrogens with zero attached hydrogens (tertiary/aromatic N) is 9. The molecule has 0 saturated carbocycles. The fourth-order valence-corrected chi connectivity index (χ4v) is 8.00. The number of piperazine rings is 2. The largest absolute Gasteiger partial charge is 1.00 e. The molecule has 6 amide bonds. The number of benzene rings is 2. The van der Waals surface area contributed by atoms with Crippen molar-refractivity contribution in [1.82, 2.24) is 30.2 Å². The molecule has 4 saturated heterocycles. The second kappa shape index (κ2) is 30.3. The number of anilines is 4. The number of primary amides is 2. The molecule has 0 bridgehead atoms. The molecule has 69 heavy (non-hydrogen) atoms. The monoisotopic (exact) mass is 1100 g/mol. The van der Waals surface area contributed by atoms with Crippen molar-refractivity contribution in [2.75, 3.05) is 83.8 Å². The third-order valence-electron chi connectivity index (χ3n) is 9.81. The van der Waals surface area contributed by atoms with E-state index >= 15 is 0 Å². The Balaban J connectivity index is 0.000000397. The molecule has 0 unspecified atom stereocenters. The standard InChI is InChI=1S/C21H22N6O3S.C19H19N5O2S.C2H4BrNO.CH2O3.2K.H/c1-14-2-4-16(5-3-14)25-8-10-26(11-9-25)20-23-7-6-15(24-20)12-17-19(29)27(13-18(22)28)21(30)31-17;1-13-2-4-15(5-3-13)23-8-10-24(11-9-23)18-20-7-6-14(21-18)12-16-17(25)22-19(26)27-16;3-1-2(4)5;2-1-4-3;;;/h2-7,12H,8-11,13H2,1H3,(H2,22,28);2-7,12H,8-11H2,1H3,(H,22,25,26);1H2,(H2,4,5);1,3H;;;/q;;;;2*+1;-1/p-1/b17-12-;16-12-;;;;;. The van der Waals surface area contributed by atoms with Crippen LogP contribution in [0.2, 0.25) is 0 Å². The molecular weight excluding hydrogens is 1050 g/mol. The van der Waals surface area contributed by atoms with E-state index in [9.17, 15) is 28.8 Å². The van der Waals surface area contributed by atoms with Gasteiger partial charge in [0.25, 0.3) is 28.8 Å². The number of nitrogens with one attached hydrogen (secondary N) is 1. The Hall–Kier alpha value is -3.62. The molecular formula is C43H47BrK2N12O9S2. The quantitative estimate of drug-likeness (QED) is 0.0347. The van der Waals surface area contributed by atoms with Gasteiger partial charge in [-0.25, -0.2) is 19.9 Å². The summed E-state index contributed by atoms with van der Waals surface area (Å²) < 4.78 is 0. The Morgan fingerprint density at radius 1 is 0.710 bits per heavy atom. The number of imide groups is 2. The van der Waals surface area contributed by atoms with Crippen LogP contribution in [0, 0.1) is 13.8 Å². The fraction of sp³-hybridized carbons (Fsp3) is 0.279. The SMILES string of the molecule is Cc1ccc(N2CCN(c3nccc(/C=C4\SC(=O)N(CC(N)=O)C4=O)n3)CC2)cc1.Cc1ccc(N2CCN(c3nccc(/C=C4\SC(=O)NC4=O)n3)CC2)cc1.NC(=O)CBr.O=CO[O-].[H-].[K+].[K+]. The van der Waals surface area contributed by atoms with Crippen LogP contribution in [0.5, 0.6) is 0 Å². The molecule has 21 nitrogen and oxygen atoms in total. The van der Waals surface area contributed by atoms with Gasteiger partial charge in [0.05, 0.1) is 26.5 Å². The van der Waals surface area contributed by atoms with Gasteiger partial charge in [0.2, 0.25) is 23.7 Å². The van der Waals surface area contributed by atoms with Crippen LogP contribution in [-0.4, -0.2) is 130 Å². The van der Waals surface area contributed by atoms with Crippen molar-refractivity contribution in [1.29, 1.82) is 0 Å². The van der Waals surface area contributed by atoms with E-state index in [0.29, 0.717) is 28.2 Å². The summed E-state index contributed by atoms with van der Waals surface area (Å²) in [6.07, 6.45) is 6.48. The average molecular weight is 1100 g/mol. The molecule has 8 rings (SSSR count). The number of amides is 6. The summed E-state index contributed by atoms with van der Waals surface area (Å²) in [6, 6.07) is 20.5. The van der Waals surface area contributed by atoms with E-state index in [4.69, 9.17) is 15.8 Å². The smallest absolute Gasteiger partial charge is 1.00 e. The number of thioether (sulfide) groups is 2. The Labute approximate surface area is 501 Å². The Morgan fingerprint density at radius 3 is 1.48 bits per heavy atom. The maximum absolute atomic E-state index is 12.4. The molecule has 0 spiro atoms. The first kappa shape index (κ1) is 59.7. The van der Waals surface area contributed by atoms with Gasteiger partial charge in [-0.05, 0) is 85.9 Å². The first-order chi connectivity index (χ1) is 32.2. The fourth-order valence-electron chi connectivity index (χ4n) is 6.51. The van der Waals surface area contributed by atoms with Crippen molar-refractivity contribution in [3.8, 4) is 0 Å². The molecule has 2 aromatic carbocycles. The molecule has 4 aliphatic rings. The molecule has 26 heteroatoms. The molecule has 354 valence electrons. The molecule has 6 heterocycles. The minimum absolute atomic E-state index is 0. The molecule has 4 aromatic rings. The number of rotatable bonds is 10. The average Bonchev–Trinajstić information content (AvgIpc) is 3.79. The van der Waals surface area contributed by atoms with Gasteiger partial charge >= 0.3 is 103 Å². The van der Waals surface area contributed by atoms with Gasteiger partial charge < -0.3 is 42.6 Å². The zero-order valence-electron chi connectivity index (χ0n) is 39.3. The summed E-state index contributed by atoms with van der Waals surface area (Å²) >= 11 is 4.50. The zero-order chi connectivity index (χ0) is 48.5. The Morgan fingerprint density at radius 2 is 1.12 bits per heavy atom. The van der Waals surface area contributed by atoms with E-state index in [1.54, 1.807) is 36.7 Å². The van der Waals surface area contributed by atoms with Gasteiger partial charge in [0, 0.05) is 76.1 Å². The molecule has 0 aliphatic carbocycles. The molecule has 4 aliphatic heterocycles. The van der Waals surface area contributed by atoms with Crippen molar-refractivity contribution in [2.24, 2.45) is 11.5 Å². The summed E-state index contributed by atoms with van der Waals surface area (Å²) in [4.78, 5) is 107. The minimum Gasteiger partial charge on any atom is -1.00 e. The third-order valence-corrected chi connectivity index (χ3v) is 12.1. The number of alkyl halides is 1. The number of carbonyl (C=O) groups excluding carboxylic acids is 7. The van der Waals surface area contributed by atoms with E-state index in [0.717, 1.165) is 80.8 Å². The normalized spacial score (nSPS) is 16.4. The van der Waals surface area contributed by atoms with Crippen LogP contribution in [0.15, 0.2) is 82.9 Å². The van der Waals surface area contributed by atoms with Crippen molar-refractivity contribution in [2.45, 2.75) is 13.8 Å². The summed E-state index contributed by atoms with van der Waals surface area (Å²) in [5.74, 6) is -0.767. The van der Waals surface area contributed by atoms with E-state index < -0.39 is 23.6 Å². The van der Waals surface area contributed by atoms with Crippen molar-refractivity contribution in [3.63, 3.8) is 0 Å². The predicted octanol–water partition coefficient (Wildman–Crippen LogP) is -3.51. The number of hydrogen-bond acceptors (Lipinski definition) is 19. The first-order valence-electron chi connectivity index (χ1n) is 20.3. The van der Waals surface area contributed by atoms with Crippen LogP contribution in [0.3, 0.4) is 0 Å². The second-order valence-corrected chi connectivity index (χ2v) is 17.1. The third kappa shape index (κ3) is 18.8. The maximum Gasteiger partial charge on any atom is 1.00 e. The van der Waals surface area contributed by atoms with Crippen LogP contribution in [-0.2, 0) is 28.9 Å². The van der Waals surface area contributed by atoms with Crippen molar-refractivity contribution in [3.05, 3.63) is 105 Å². The van der Waals surface area contributed by atoms with Gasteiger partial charge in [-0.2, -0.15) is 0 Å². The van der Waals surface area contributed by atoms with Gasteiger partial charge in [-0.1, -0.05) is 51.3 Å². The van der Waals surface area contributed by atoms with Crippen molar-refractivity contribution < 1.29 is 148 Å². The van der Waals surface area contributed by atoms with Gasteiger partial charge in [0.15, 0.2) is 0 Å². The molecule has 5 N–H and O–H groups in total. The predicted molar refractivity (Wildman–Crippen MR) is 258 cm³/mol. The second-order valence-electron chi connectivity index (χ2n) is 14.6. The van der Waals surface area contributed by atoms with Crippen molar-refractivity contribution >= 4 is 115 Å². The Kier molecular flexibility index (Phi) is 26.2. The molecule has 0 atom stereocenters. The summed E-state index contributed by atoms with van der Waals surface area (Å²) in [7, 11) is 0. The zero-order valence-corrected chi connectivity index (χ0v) is 47.7. The van der Waals surface area contributed by atoms with E-state index in [-0.39, 0.29) is 138 Å². The number of carbonyl (C=O) groups is 7. The number of nitrogens with two attached hydrogens (primary N) is 2. The van der Waals surface area contributed by atoms with Gasteiger partial charge in [-0.15, -0.1) is 0 Å². The van der Waals surface area contributed by atoms with E-state index in [1.165, 1.54) is 22.5 Å². The summed E-state index contributed by atoms with van der Waals surface area (Å²) in [5, 5.41) is 10.1. The summed E-state index contributed by atoms with van der Waals surface area (Å²) in [5.41, 5.74) is 15.8.